The average Bonchev–Trinajstić information content (AvgIpc) is 2.76. The van der Waals surface area contributed by atoms with Crippen LogP contribution in [-0.4, -0.2) is 58.9 Å². The van der Waals surface area contributed by atoms with Gasteiger partial charge >= 0.3 is 0 Å². The van der Waals surface area contributed by atoms with Gasteiger partial charge in [-0.15, -0.1) is 0 Å². The Hall–Kier alpha value is -3.13. The Morgan fingerprint density at radius 3 is 2.30 bits per heavy atom. The molecule has 1 heterocycles. The molecule has 0 saturated carbocycles. The number of benzene rings is 2. The Morgan fingerprint density at radius 1 is 1.00 bits per heavy atom. The van der Waals surface area contributed by atoms with Gasteiger partial charge < -0.3 is 33.9 Å². The van der Waals surface area contributed by atoms with Gasteiger partial charge in [-0.2, -0.15) is 0 Å². The number of carbonyl (C=O) groups excluding carboxylic acids is 1. The molecule has 0 saturated heterocycles. The zero-order valence-electron chi connectivity index (χ0n) is 17.8. The van der Waals surface area contributed by atoms with E-state index in [-0.39, 0.29) is 5.91 Å². The van der Waals surface area contributed by atoms with Crippen LogP contribution in [0.3, 0.4) is 0 Å². The lowest BCUT2D eigenvalue weighted by Crippen LogP contribution is -2.24. The minimum Gasteiger partial charge on any atom is -0.493 e. The summed E-state index contributed by atoms with van der Waals surface area (Å²) >= 11 is 0. The van der Waals surface area contributed by atoms with Gasteiger partial charge in [0, 0.05) is 37.3 Å². The van der Waals surface area contributed by atoms with Gasteiger partial charge in [-0.3, -0.25) is 4.79 Å². The number of ether oxygens (including phenoxy) is 5. The van der Waals surface area contributed by atoms with Gasteiger partial charge in [0.05, 0.1) is 21.3 Å². The minimum atomic E-state index is -0.0988. The number of methoxy groups -OCH3 is 3. The fraction of sp³-hybridized carbons (Fsp3) is 0.409. The van der Waals surface area contributed by atoms with Crippen molar-refractivity contribution in [1.29, 1.82) is 0 Å². The first-order valence-electron chi connectivity index (χ1n) is 9.71. The van der Waals surface area contributed by atoms with E-state index in [1.165, 1.54) is 21.3 Å². The van der Waals surface area contributed by atoms with E-state index in [2.05, 4.69) is 10.2 Å². The Bertz CT molecular complexity index is 861. The second kappa shape index (κ2) is 10.1. The van der Waals surface area contributed by atoms with Crippen LogP contribution in [0.1, 0.15) is 12.0 Å². The number of hydrogen-bond donors (Lipinski definition) is 1. The summed E-state index contributed by atoms with van der Waals surface area (Å²) in [4.78, 5) is 14.5. The maximum absolute atomic E-state index is 12.4. The summed E-state index contributed by atoms with van der Waals surface area (Å²) in [7, 11) is 6.59. The standard InChI is InChI=1S/C22H28N2O6/c1-24(14-15-5-6-17-18(11-15)30-10-9-29-17)8-7-21(25)23-16-12-19(26-2)22(28-4)20(13-16)27-3/h5-6,11-13H,7-10,14H2,1-4H3,(H,23,25). The van der Waals surface area contributed by atoms with Crippen molar-refractivity contribution in [1.82, 2.24) is 4.90 Å². The van der Waals surface area contributed by atoms with Crippen molar-refractivity contribution in [3.05, 3.63) is 35.9 Å². The number of nitrogens with one attached hydrogen (secondary N) is 1. The molecule has 3 rings (SSSR count). The molecule has 1 aliphatic heterocycles. The summed E-state index contributed by atoms with van der Waals surface area (Å²) < 4.78 is 27.1. The van der Waals surface area contributed by atoms with E-state index in [9.17, 15) is 4.79 Å². The molecule has 1 N–H and O–H groups in total. The Balaban J connectivity index is 1.54. The van der Waals surface area contributed by atoms with Crippen molar-refractivity contribution in [3.63, 3.8) is 0 Å². The third-order valence-corrected chi connectivity index (χ3v) is 4.73. The van der Waals surface area contributed by atoms with Gasteiger partial charge in [0.25, 0.3) is 0 Å². The van der Waals surface area contributed by atoms with Crippen LogP contribution in [-0.2, 0) is 11.3 Å². The molecule has 0 radical (unpaired) electrons. The van der Waals surface area contributed by atoms with Crippen molar-refractivity contribution in [2.45, 2.75) is 13.0 Å². The van der Waals surface area contributed by atoms with Crippen molar-refractivity contribution >= 4 is 11.6 Å². The fourth-order valence-electron chi connectivity index (χ4n) is 3.25. The highest BCUT2D eigenvalue weighted by Gasteiger charge is 2.15. The van der Waals surface area contributed by atoms with E-state index in [4.69, 9.17) is 23.7 Å². The second-order valence-corrected chi connectivity index (χ2v) is 6.93. The SMILES string of the molecule is COc1cc(NC(=O)CCN(C)Cc2ccc3c(c2)OCCO3)cc(OC)c1OC. The third kappa shape index (κ3) is 5.27. The predicted octanol–water partition coefficient (Wildman–Crippen LogP) is 2.94. The van der Waals surface area contributed by atoms with Crippen LogP contribution in [0.2, 0.25) is 0 Å². The maximum atomic E-state index is 12.4. The smallest absolute Gasteiger partial charge is 0.225 e. The summed E-state index contributed by atoms with van der Waals surface area (Å²) in [6.45, 7) is 2.44. The molecule has 0 spiro atoms. The lowest BCUT2D eigenvalue weighted by molar-refractivity contribution is -0.116. The van der Waals surface area contributed by atoms with Gasteiger partial charge in [0.1, 0.15) is 13.2 Å². The average molecular weight is 416 g/mol. The number of anilines is 1. The number of rotatable bonds is 9. The zero-order valence-corrected chi connectivity index (χ0v) is 17.8. The van der Waals surface area contributed by atoms with Gasteiger partial charge in [0.2, 0.25) is 11.7 Å². The fourth-order valence-corrected chi connectivity index (χ4v) is 3.25. The molecular weight excluding hydrogens is 388 g/mol. The molecule has 1 amide bonds. The molecule has 1 aliphatic rings. The first kappa shape index (κ1) is 21.6. The number of nitrogens with zero attached hydrogens (tertiary/aromatic N) is 1. The third-order valence-electron chi connectivity index (χ3n) is 4.73. The van der Waals surface area contributed by atoms with Crippen molar-refractivity contribution in [2.24, 2.45) is 0 Å². The van der Waals surface area contributed by atoms with E-state index < -0.39 is 0 Å². The van der Waals surface area contributed by atoms with Crippen LogP contribution in [0.5, 0.6) is 28.7 Å². The Labute approximate surface area is 176 Å². The normalized spacial score (nSPS) is 12.4. The largest absolute Gasteiger partial charge is 0.493 e. The molecule has 0 atom stereocenters. The Morgan fingerprint density at radius 2 is 1.67 bits per heavy atom. The van der Waals surface area contributed by atoms with Crippen LogP contribution in [0.4, 0.5) is 5.69 Å². The lowest BCUT2D eigenvalue weighted by atomic mass is 10.2. The quantitative estimate of drug-likeness (QED) is 0.673. The maximum Gasteiger partial charge on any atom is 0.225 e. The van der Waals surface area contributed by atoms with Gasteiger partial charge in [-0.25, -0.2) is 0 Å². The molecule has 30 heavy (non-hydrogen) atoms. The Kier molecular flexibility index (Phi) is 7.24. The van der Waals surface area contributed by atoms with Crippen molar-refractivity contribution in [3.8, 4) is 28.7 Å². The van der Waals surface area contributed by atoms with E-state index in [0.717, 1.165) is 17.1 Å². The highest BCUT2D eigenvalue weighted by Crippen LogP contribution is 2.40. The van der Waals surface area contributed by atoms with Crippen molar-refractivity contribution in [2.75, 3.05) is 53.5 Å². The molecule has 2 aromatic rings. The molecule has 2 aromatic carbocycles. The molecule has 8 heteroatoms. The summed E-state index contributed by atoms with van der Waals surface area (Å²) in [6.07, 6.45) is 0.345. The zero-order chi connectivity index (χ0) is 21.5. The minimum absolute atomic E-state index is 0.0988. The summed E-state index contributed by atoms with van der Waals surface area (Å²) in [6, 6.07) is 9.34. The lowest BCUT2D eigenvalue weighted by Gasteiger charge is -2.21. The summed E-state index contributed by atoms with van der Waals surface area (Å²) in [5, 5.41) is 2.89. The van der Waals surface area contributed by atoms with Crippen LogP contribution >= 0.6 is 0 Å². The van der Waals surface area contributed by atoms with Crippen LogP contribution in [0.15, 0.2) is 30.3 Å². The number of hydrogen-bond acceptors (Lipinski definition) is 7. The van der Waals surface area contributed by atoms with Crippen LogP contribution < -0.4 is 29.0 Å². The van der Waals surface area contributed by atoms with Crippen LogP contribution in [0.25, 0.3) is 0 Å². The monoisotopic (exact) mass is 416 g/mol. The molecule has 0 fully saturated rings. The molecule has 162 valence electrons. The van der Waals surface area contributed by atoms with E-state index >= 15 is 0 Å². The topological polar surface area (TPSA) is 78.5 Å². The molecule has 0 unspecified atom stereocenters. The number of amides is 1. The summed E-state index contributed by atoms with van der Waals surface area (Å²) in [5.74, 6) is 2.91. The molecule has 0 aromatic heterocycles. The molecule has 0 bridgehead atoms. The van der Waals surface area contributed by atoms with Crippen LogP contribution in [0, 0.1) is 0 Å². The molecule has 0 aliphatic carbocycles. The summed E-state index contributed by atoms with van der Waals surface area (Å²) in [5.41, 5.74) is 1.69. The van der Waals surface area contributed by atoms with Crippen molar-refractivity contribution < 1.29 is 28.5 Å². The van der Waals surface area contributed by atoms with Gasteiger partial charge in [-0.05, 0) is 24.7 Å². The van der Waals surface area contributed by atoms with Gasteiger partial charge in [0.15, 0.2) is 23.0 Å². The highest BCUT2D eigenvalue weighted by molar-refractivity contribution is 5.91. The first-order chi connectivity index (χ1) is 14.5. The van der Waals surface area contributed by atoms with E-state index in [1.54, 1.807) is 12.1 Å². The predicted molar refractivity (Wildman–Crippen MR) is 113 cm³/mol. The van der Waals surface area contributed by atoms with E-state index in [0.29, 0.717) is 55.7 Å². The first-order valence-corrected chi connectivity index (χ1v) is 9.71. The highest BCUT2D eigenvalue weighted by atomic mass is 16.6. The number of carbonyl (C=O) groups is 1. The number of fused-ring (bicyclic) bond motifs is 1. The second-order valence-electron chi connectivity index (χ2n) is 6.93. The molecular formula is C22H28N2O6. The van der Waals surface area contributed by atoms with Gasteiger partial charge in [-0.1, -0.05) is 6.07 Å². The van der Waals surface area contributed by atoms with E-state index in [1.807, 2.05) is 25.2 Å². The molecule has 8 nitrogen and oxygen atoms in total.